The van der Waals surface area contributed by atoms with E-state index in [1.54, 1.807) is 6.07 Å². The maximum Gasteiger partial charge on any atom is 0.126 e. The lowest BCUT2D eigenvalue weighted by Crippen LogP contribution is -2.50. The van der Waals surface area contributed by atoms with Crippen molar-refractivity contribution in [2.24, 2.45) is 5.92 Å². The highest BCUT2D eigenvalue weighted by Gasteiger charge is 2.23. The molecule has 1 aliphatic heterocycles. The second-order valence-corrected chi connectivity index (χ2v) is 5.88. The van der Waals surface area contributed by atoms with E-state index in [-0.39, 0.29) is 5.82 Å². The van der Waals surface area contributed by atoms with E-state index >= 15 is 0 Å². The summed E-state index contributed by atoms with van der Waals surface area (Å²) < 4.78 is 13.3. The molecule has 1 unspecified atom stereocenters. The molecule has 19 heavy (non-hydrogen) atoms. The van der Waals surface area contributed by atoms with Crippen LogP contribution in [0.25, 0.3) is 0 Å². The molecule has 0 saturated carbocycles. The van der Waals surface area contributed by atoms with Crippen LogP contribution in [0.4, 0.5) is 4.39 Å². The van der Waals surface area contributed by atoms with Crippen LogP contribution in [0.5, 0.6) is 0 Å². The van der Waals surface area contributed by atoms with E-state index in [2.05, 4.69) is 24.1 Å². The highest BCUT2D eigenvalue weighted by atomic mass is 19.1. The predicted molar refractivity (Wildman–Crippen MR) is 77.9 cm³/mol. The van der Waals surface area contributed by atoms with Crippen LogP contribution in [0.3, 0.4) is 0 Å². The van der Waals surface area contributed by atoms with Crippen molar-refractivity contribution in [1.82, 2.24) is 10.2 Å². The van der Waals surface area contributed by atoms with Crippen LogP contribution in [-0.4, -0.2) is 37.1 Å². The van der Waals surface area contributed by atoms with Gasteiger partial charge in [-0.05, 0) is 36.5 Å². The average molecular weight is 264 g/mol. The summed E-state index contributed by atoms with van der Waals surface area (Å²) in [7, 11) is 0. The molecule has 1 aliphatic rings. The molecule has 1 fully saturated rings. The molecule has 0 aromatic heterocycles. The highest BCUT2D eigenvalue weighted by molar-refractivity contribution is 5.24. The number of nitrogens with one attached hydrogen (secondary N) is 1. The Hall–Kier alpha value is -0.930. The van der Waals surface area contributed by atoms with Crippen LogP contribution < -0.4 is 5.32 Å². The minimum absolute atomic E-state index is 0.105. The number of halogens is 1. The number of piperazine rings is 1. The number of rotatable bonds is 4. The molecule has 1 saturated heterocycles. The van der Waals surface area contributed by atoms with Crippen molar-refractivity contribution >= 4 is 0 Å². The Labute approximate surface area is 116 Å². The van der Waals surface area contributed by atoms with Crippen LogP contribution in [0, 0.1) is 18.7 Å². The molecule has 1 aromatic rings. The van der Waals surface area contributed by atoms with Crippen molar-refractivity contribution in [1.29, 1.82) is 0 Å². The van der Waals surface area contributed by atoms with Crippen LogP contribution in [0.2, 0.25) is 0 Å². The van der Waals surface area contributed by atoms with Gasteiger partial charge >= 0.3 is 0 Å². The van der Waals surface area contributed by atoms with Crippen LogP contribution >= 0.6 is 0 Å². The third-order valence-corrected chi connectivity index (χ3v) is 4.06. The Bertz CT molecular complexity index is 411. The second kappa shape index (κ2) is 6.49. The zero-order valence-electron chi connectivity index (χ0n) is 12.2. The van der Waals surface area contributed by atoms with Gasteiger partial charge in [0.25, 0.3) is 0 Å². The van der Waals surface area contributed by atoms with E-state index in [0.29, 0.717) is 12.0 Å². The molecule has 0 spiro atoms. The summed E-state index contributed by atoms with van der Waals surface area (Å²) >= 11 is 0. The van der Waals surface area contributed by atoms with Gasteiger partial charge in [0.05, 0.1) is 0 Å². The summed E-state index contributed by atoms with van der Waals surface area (Å²) in [5, 5.41) is 3.40. The van der Waals surface area contributed by atoms with Gasteiger partial charge in [-0.3, -0.25) is 4.90 Å². The number of hydrogen-bond donors (Lipinski definition) is 1. The van der Waals surface area contributed by atoms with Gasteiger partial charge in [0.2, 0.25) is 0 Å². The number of benzene rings is 1. The summed E-state index contributed by atoms with van der Waals surface area (Å²) in [5.74, 6) is 0.510. The maximum atomic E-state index is 13.3. The van der Waals surface area contributed by atoms with Crippen molar-refractivity contribution in [2.75, 3.05) is 26.2 Å². The number of hydrogen-bond acceptors (Lipinski definition) is 2. The predicted octanol–water partition coefficient (Wildman–Crippen LogP) is 2.61. The third-order valence-electron chi connectivity index (χ3n) is 4.06. The molecular weight excluding hydrogens is 239 g/mol. The summed E-state index contributed by atoms with van der Waals surface area (Å²) in [5.41, 5.74) is 2.00. The topological polar surface area (TPSA) is 15.3 Å². The van der Waals surface area contributed by atoms with Crippen LogP contribution in [-0.2, 0) is 6.42 Å². The Morgan fingerprint density at radius 1 is 1.26 bits per heavy atom. The van der Waals surface area contributed by atoms with E-state index in [4.69, 9.17) is 0 Å². The molecule has 1 heterocycles. The fourth-order valence-electron chi connectivity index (χ4n) is 2.88. The lowest BCUT2D eigenvalue weighted by Gasteiger charge is -2.37. The first-order valence-electron chi connectivity index (χ1n) is 7.27. The van der Waals surface area contributed by atoms with Gasteiger partial charge in [0, 0.05) is 32.2 Å². The monoisotopic (exact) mass is 264 g/mol. The SMILES string of the molecule is Cc1cc(CC(C(C)C)N2CCNCC2)ccc1F. The molecule has 3 heteroatoms. The normalized spacial score (nSPS) is 18.8. The van der Waals surface area contributed by atoms with Gasteiger partial charge in [0.1, 0.15) is 5.82 Å². The van der Waals surface area contributed by atoms with Gasteiger partial charge in [-0.25, -0.2) is 4.39 Å². The zero-order chi connectivity index (χ0) is 13.8. The molecule has 106 valence electrons. The molecule has 1 atom stereocenters. The number of aryl methyl sites for hydroxylation is 1. The minimum Gasteiger partial charge on any atom is -0.314 e. The smallest absolute Gasteiger partial charge is 0.126 e. The van der Waals surface area contributed by atoms with E-state index < -0.39 is 0 Å². The molecule has 0 amide bonds. The van der Waals surface area contributed by atoms with Crippen molar-refractivity contribution in [3.63, 3.8) is 0 Å². The van der Waals surface area contributed by atoms with E-state index in [0.717, 1.165) is 38.2 Å². The fraction of sp³-hybridized carbons (Fsp3) is 0.625. The minimum atomic E-state index is -0.105. The molecule has 0 bridgehead atoms. The maximum absolute atomic E-state index is 13.3. The first-order valence-corrected chi connectivity index (χ1v) is 7.27. The Morgan fingerprint density at radius 2 is 1.95 bits per heavy atom. The molecule has 0 aliphatic carbocycles. The van der Waals surface area contributed by atoms with Gasteiger partial charge in [-0.2, -0.15) is 0 Å². The Morgan fingerprint density at radius 3 is 2.53 bits per heavy atom. The first kappa shape index (κ1) is 14.5. The number of nitrogens with zero attached hydrogens (tertiary/aromatic N) is 1. The molecule has 0 radical (unpaired) electrons. The largest absolute Gasteiger partial charge is 0.314 e. The summed E-state index contributed by atoms with van der Waals surface area (Å²) in [4.78, 5) is 2.57. The second-order valence-electron chi connectivity index (χ2n) is 5.88. The summed E-state index contributed by atoms with van der Waals surface area (Å²) in [6.45, 7) is 10.8. The van der Waals surface area contributed by atoms with E-state index in [1.807, 2.05) is 19.1 Å². The van der Waals surface area contributed by atoms with E-state index in [9.17, 15) is 4.39 Å². The molecular formula is C16H25FN2. The molecule has 2 nitrogen and oxygen atoms in total. The molecule has 1 aromatic carbocycles. The molecule has 1 N–H and O–H groups in total. The summed E-state index contributed by atoms with van der Waals surface area (Å²) in [6, 6.07) is 6.07. The van der Waals surface area contributed by atoms with Crippen LogP contribution in [0.15, 0.2) is 18.2 Å². The highest BCUT2D eigenvalue weighted by Crippen LogP contribution is 2.19. The molecule has 2 rings (SSSR count). The Balaban J connectivity index is 2.09. The van der Waals surface area contributed by atoms with Gasteiger partial charge in [0.15, 0.2) is 0 Å². The lowest BCUT2D eigenvalue weighted by atomic mass is 9.93. The summed E-state index contributed by atoms with van der Waals surface area (Å²) in [6.07, 6.45) is 1.01. The first-order chi connectivity index (χ1) is 9.08. The van der Waals surface area contributed by atoms with Gasteiger partial charge in [-0.15, -0.1) is 0 Å². The van der Waals surface area contributed by atoms with Gasteiger partial charge < -0.3 is 5.32 Å². The van der Waals surface area contributed by atoms with E-state index in [1.165, 1.54) is 5.56 Å². The van der Waals surface area contributed by atoms with Crippen molar-refractivity contribution in [2.45, 2.75) is 33.2 Å². The van der Waals surface area contributed by atoms with Crippen molar-refractivity contribution in [3.05, 3.63) is 35.1 Å². The van der Waals surface area contributed by atoms with Crippen molar-refractivity contribution < 1.29 is 4.39 Å². The third kappa shape index (κ3) is 3.77. The van der Waals surface area contributed by atoms with Gasteiger partial charge in [-0.1, -0.05) is 26.0 Å². The Kier molecular flexibility index (Phi) is 4.94. The van der Waals surface area contributed by atoms with Crippen molar-refractivity contribution in [3.8, 4) is 0 Å². The lowest BCUT2D eigenvalue weighted by molar-refractivity contribution is 0.136. The van der Waals surface area contributed by atoms with Crippen LogP contribution in [0.1, 0.15) is 25.0 Å². The average Bonchev–Trinajstić information content (AvgIpc) is 2.40. The fourth-order valence-corrected chi connectivity index (χ4v) is 2.88. The standard InChI is InChI=1S/C16H25FN2/c1-12(2)16(19-8-6-18-7-9-19)11-14-4-5-15(17)13(3)10-14/h4-5,10,12,16,18H,6-9,11H2,1-3H3. The quantitative estimate of drug-likeness (QED) is 0.899. The zero-order valence-corrected chi connectivity index (χ0v) is 12.2.